The summed E-state index contributed by atoms with van der Waals surface area (Å²) in [6, 6.07) is 17.9. The summed E-state index contributed by atoms with van der Waals surface area (Å²) in [5, 5.41) is 6.46. The maximum Gasteiger partial charge on any atom is 0.242 e. The molecule has 2 aromatic heterocycles. The van der Waals surface area contributed by atoms with Gasteiger partial charge in [0, 0.05) is 11.1 Å². The van der Waals surface area contributed by atoms with Gasteiger partial charge < -0.3 is 5.32 Å². The number of benzene rings is 2. The molecule has 2 heterocycles. The Balaban J connectivity index is 1.67. The van der Waals surface area contributed by atoms with Crippen LogP contribution in [-0.4, -0.2) is 15.9 Å². The molecule has 0 saturated carbocycles. The van der Waals surface area contributed by atoms with Crippen molar-refractivity contribution in [3.05, 3.63) is 83.0 Å². The molecule has 0 bridgehead atoms. The number of hydrogen-bond donors (Lipinski definition) is 1. The van der Waals surface area contributed by atoms with Crippen molar-refractivity contribution in [2.75, 3.05) is 5.32 Å². The monoisotopic (exact) mass is 405 g/mol. The number of carbonyl (C=O) groups is 1. The van der Waals surface area contributed by atoms with E-state index in [1.165, 1.54) is 11.8 Å². The number of carbonyl (C=O) groups excluding carboxylic acids is 1. The van der Waals surface area contributed by atoms with Crippen molar-refractivity contribution in [1.82, 2.24) is 9.97 Å². The fourth-order valence-electron chi connectivity index (χ4n) is 3.13. The zero-order valence-electron chi connectivity index (χ0n) is 15.5. The molecule has 1 amide bonds. The van der Waals surface area contributed by atoms with E-state index >= 15 is 0 Å². The fraction of sp³-hybridized carbons (Fsp3) is 0.136. The second-order valence-corrected chi connectivity index (χ2v) is 8.58. The Bertz CT molecular complexity index is 1100. The smallest absolute Gasteiger partial charge is 0.242 e. The van der Waals surface area contributed by atoms with E-state index in [4.69, 9.17) is 0 Å². The Hall–Kier alpha value is -2.70. The van der Waals surface area contributed by atoms with Gasteiger partial charge in [-0.25, -0.2) is 9.97 Å². The van der Waals surface area contributed by atoms with Crippen molar-refractivity contribution in [1.29, 1.82) is 0 Å². The van der Waals surface area contributed by atoms with Crippen LogP contribution in [0, 0.1) is 13.8 Å². The summed E-state index contributed by atoms with van der Waals surface area (Å²) in [5.74, 6) is -0.0665. The van der Waals surface area contributed by atoms with Crippen molar-refractivity contribution in [3.8, 4) is 0 Å². The standard InChI is InChI=1S/C22H19N3OS2/c1-14-10-15(2)12-17(11-14)25-20(26)19(16-6-4-3-5-7-16)28-22-18-8-9-27-21(18)23-13-24-22/h3-13,19H,1-2H3,(H,25,26). The van der Waals surface area contributed by atoms with Crippen LogP contribution in [-0.2, 0) is 4.79 Å². The summed E-state index contributed by atoms with van der Waals surface area (Å²) >= 11 is 3.03. The lowest BCUT2D eigenvalue weighted by Gasteiger charge is -2.17. The molecule has 0 fully saturated rings. The van der Waals surface area contributed by atoms with Crippen molar-refractivity contribution >= 4 is 44.9 Å². The molecule has 0 spiro atoms. The van der Waals surface area contributed by atoms with Crippen molar-refractivity contribution in [2.45, 2.75) is 24.1 Å². The van der Waals surface area contributed by atoms with Crippen LogP contribution in [0.2, 0.25) is 0 Å². The predicted octanol–water partition coefficient (Wildman–Crippen LogP) is 5.78. The second-order valence-electron chi connectivity index (χ2n) is 6.59. The number of thioether (sulfide) groups is 1. The highest BCUT2D eigenvalue weighted by Gasteiger charge is 2.24. The number of anilines is 1. The quantitative estimate of drug-likeness (QED) is 0.338. The lowest BCUT2D eigenvalue weighted by atomic mass is 10.1. The highest BCUT2D eigenvalue weighted by molar-refractivity contribution is 8.00. The molecule has 0 saturated heterocycles. The SMILES string of the molecule is Cc1cc(C)cc(NC(=O)C(Sc2ncnc3sccc23)c2ccccc2)c1. The Kier molecular flexibility index (Phi) is 5.41. The minimum absolute atomic E-state index is 0.0665. The topological polar surface area (TPSA) is 54.9 Å². The lowest BCUT2D eigenvalue weighted by molar-refractivity contribution is -0.115. The maximum absolute atomic E-state index is 13.2. The summed E-state index contributed by atoms with van der Waals surface area (Å²) in [6.45, 7) is 4.06. The Morgan fingerprint density at radius 3 is 2.54 bits per heavy atom. The second kappa shape index (κ2) is 8.12. The van der Waals surface area contributed by atoms with Gasteiger partial charge in [0.15, 0.2) is 0 Å². The van der Waals surface area contributed by atoms with Crippen LogP contribution in [0.1, 0.15) is 21.9 Å². The van der Waals surface area contributed by atoms with Gasteiger partial charge in [0.25, 0.3) is 0 Å². The normalized spacial score (nSPS) is 12.1. The third-order valence-corrected chi connectivity index (χ3v) is 6.38. The van der Waals surface area contributed by atoms with E-state index in [0.29, 0.717) is 0 Å². The van der Waals surface area contributed by atoms with Crippen LogP contribution in [0.15, 0.2) is 71.3 Å². The van der Waals surface area contributed by atoms with Gasteiger partial charge in [-0.1, -0.05) is 48.2 Å². The number of rotatable bonds is 5. The van der Waals surface area contributed by atoms with E-state index in [9.17, 15) is 4.79 Å². The number of thiophene rings is 1. The molecule has 4 aromatic rings. The third kappa shape index (κ3) is 4.08. The van der Waals surface area contributed by atoms with Crippen LogP contribution in [0.3, 0.4) is 0 Å². The van der Waals surface area contributed by atoms with E-state index < -0.39 is 5.25 Å². The molecule has 4 nitrogen and oxygen atoms in total. The molecule has 140 valence electrons. The minimum Gasteiger partial charge on any atom is -0.325 e. The molecule has 28 heavy (non-hydrogen) atoms. The van der Waals surface area contributed by atoms with E-state index in [0.717, 1.165) is 37.6 Å². The van der Waals surface area contributed by atoms with E-state index in [2.05, 4.69) is 21.4 Å². The number of aromatic nitrogens is 2. The van der Waals surface area contributed by atoms with Crippen molar-refractivity contribution in [2.24, 2.45) is 0 Å². The zero-order chi connectivity index (χ0) is 19.5. The summed E-state index contributed by atoms with van der Waals surface area (Å²) in [4.78, 5) is 22.9. The maximum atomic E-state index is 13.2. The molecule has 1 atom stereocenters. The minimum atomic E-state index is -0.417. The summed E-state index contributed by atoms with van der Waals surface area (Å²) in [5.41, 5.74) is 3.99. The van der Waals surface area contributed by atoms with Gasteiger partial charge in [-0.3, -0.25) is 4.79 Å². The first-order chi connectivity index (χ1) is 13.6. The molecule has 6 heteroatoms. The number of fused-ring (bicyclic) bond motifs is 1. The van der Waals surface area contributed by atoms with Crippen LogP contribution >= 0.6 is 23.1 Å². The first-order valence-electron chi connectivity index (χ1n) is 8.89. The molecule has 0 radical (unpaired) electrons. The van der Waals surface area contributed by atoms with Crippen LogP contribution in [0.5, 0.6) is 0 Å². The molecule has 0 aliphatic heterocycles. The Morgan fingerprint density at radius 2 is 1.79 bits per heavy atom. The summed E-state index contributed by atoms with van der Waals surface area (Å²) in [7, 11) is 0. The molecule has 0 aliphatic carbocycles. The molecular formula is C22H19N3OS2. The number of amides is 1. The Morgan fingerprint density at radius 1 is 1.04 bits per heavy atom. The van der Waals surface area contributed by atoms with E-state index in [1.807, 2.05) is 67.8 Å². The average Bonchev–Trinajstić information content (AvgIpc) is 3.15. The van der Waals surface area contributed by atoms with Crippen molar-refractivity contribution in [3.63, 3.8) is 0 Å². The molecule has 1 N–H and O–H groups in total. The third-order valence-electron chi connectivity index (χ3n) is 4.28. The zero-order valence-corrected chi connectivity index (χ0v) is 17.2. The molecule has 4 rings (SSSR count). The molecule has 1 unspecified atom stereocenters. The fourth-order valence-corrected chi connectivity index (χ4v) is 5.01. The first kappa shape index (κ1) is 18.7. The summed E-state index contributed by atoms with van der Waals surface area (Å²) in [6.07, 6.45) is 1.56. The van der Waals surface area contributed by atoms with Gasteiger partial charge in [0.2, 0.25) is 5.91 Å². The van der Waals surface area contributed by atoms with Gasteiger partial charge in [0.1, 0.15) is 21.4 Å². The number of hydrogen-bond acceptors (Lipinski definition) is 5. The largest absolute Gasteiger partial charge is 0.325 e. The van der Waals surface area contributed by atoms with Crippen LogP contribution < -0.4 is 5.32 Å². The summed E-state index contributed by atoms with van der Waals surface area (Å²) < 4.78 is 0. The van der Waals surface area contributed by atoms with Crippen molar-refractivity contribution < 1.29 is 4.79 Å². The van der Waals surface area contributed by atoms with Crippen LogP contribution in [0.4, 0.5) is 5.69 Å². The van der Waals surface area contributed by atoms with Gasteiger partial charge in [-0.05, 0) is 54.1 Å². The van der Waals surface area contributed by atoms with Crippen LogP contribution in [0.25, 0.3) is 10.2 Å². The van der Waals surface area contributed by atoms with Gasteiger partial charge in [-0.15, -0.1) is 11.3 Å². The van der Waals surface area contributed by atoms with Gasteiger partial charge >= 0.3 is 0 Å². The van der Waals surface area contributed by atoms with Gasteiger partial charge in [-0.2, -0.15) is 0 Å². The lowest BCUT2D eigenvalue weighted by Crippen LogP contribution is -2.19. The first-order valence-corrected chi connectivity index (χ1v) is 10.6. The predicted molar refractivity (Wildman–Crippen MR) is 117 cm³/mol. The Labute approximate surface area is 172 Å². The number of nitrogens with zero attached hydrogens (tertiary/aromatic N) is 2. The molecule has 0 aliphatic rings. The highest BCUT2D eigenvalue weighted by Crippen LogP contribution is 2.39. The van der Waals surface area contributed by atoms with E-state index in [1.54, 1.807) is 17.7 Å². The van der Waals surface area contributed by atoms with Gasteiger partial charge in [0.05, 0.1) is 0 Å². The highest BCUT2D eigenvalue weighted by atomic mass is 32.2. The number of nitrogens with one attached hydrogen (secondary N) is 1. The van der Waals surface area contributed by atoms with E-state index in [-0.39, 0.29) is 5.91 Å². The number of aryl methyl sites for hydroxylation is 2. The average molecular weight is 406 g/mol. The molecular weight excluding hydrogens is 386 g/mol. The molecule has 2 aromatic carbocycles.